The van der Waals surface area contributed by atoms with Crippen LogP contribution in [-0.4, -0.2) is 18.5 Å². The topological polar surface area (TPSA) is 68.3 Å². The number of nitrogens with two attached hydrogens (primary N) is 1. The highest BCUT2D eigenvalue weighted by atomic mass is 79.9. The standard InChI is InChI=1S/C15H17BrN2O2.ClH/c1-8-11-6-10(16)4-5-13(11)20-14(8)15(19)18-12(7-17)9-2-3-9;/h4-6,9,12H,2-3,7,17H2,1H3,(H,18,19);1H. The van der Waals surface area contributed by atoms with Gasteiger partial charge in [-0.25, -0.2) is 0 Å². The van der Waals surface area contributed by atoms with Crippen LogP contribution < -0.4 is 11.1 Å². The van der Waals surface area contributed by atoms with Crippen molar-refractivity contribution < 1.29 is 9.21 Å². The van der Waals surface area contributed by atoms with Crippen molar-refractivity contribution in [3.8, 4) is 0 Å². The van der Waals surface area contributed by atoms with E-state index in [0.717, 1.165) is 33.8 Å². The second-order valence-electron chi connectivity index (χ2n) is 5.35. The van der Waals surface area contributed by atoms with E-state index in [1.54, 1.807) is 0 Å². The molecule has 0 spiro atoms. The molecule has 1 atom stereocenters. The van der Waals surface area contributed by atoms with Gasteiger partial charge in [0.1, 0.15) is 5.58 Å². The first-order valence-corrected chi connectivity index (χ1v) is 7.59. The third-order valence-electron chi connectivity index (χ3n) is 3.87. The van der Waals surface area contributed by atoms with E-state index in [-0.39, 0.29) is 24.4 Å². The summed E-state index contributed by atoms with van der Waals surface area (Å²) in [5.41, 5.74) is 7.32. The summed E-state index contributed by atoms with van der Waals surface area (Å²) in [7, 11) is 0. The molecule has 114 valence electrons. The highest BCUT2D eigenvalue weighted by Gasteiger charge is 2.32. The number of nitrogens with one attached hydrogen (secondary N) is 1. The van der Waals surface area contributed by atoms with Gasteiger partial charge in [-0.3, -0.25) is 4.79 Å². The van der Waals surface area contributed by atoms with Gasteiger partial charge in [-0.05, 0) is 43.9 Å². The maximum atomic E-state index is 12.3. The minimum Gasteiger partial charge on any atom is -0.451 e. The van der Waals surface area contributed by atoms with Crippen molar-refractivity contribution in [1.82, 2.24) is 5.32 Å². The van der Waals surface area contributed by atoms with Crippen molar-refractivity contribution in [2.75, 3.05) is 6.54 Å². The Morgan fingerprint density at radius 2 is 2.24 bits per heavy atom. The number of benzene rings is 1. The van der Waals surface area contributed by atoms with Crippen LogP contribution in [0.4, 0.5) is 0 Å². The molecule has 1 aromatic carbocycles. The number of amides is 1. The molecule has 1 saturated carbocycles. The van der Waals surface area contributed by atoms with E-state index in [0.29, 0.717) is 18.2 Å². The fraction of sp³-hybridized carbons (Fsp3) is 0.400. The minimum absolute atomic E-state index is 0. The lowest BCUT2D eigenvalue weighted by Crippen LogP contribution is -2.41. The van der Waals surface area contributed by atoms with Gasteiger partial charge in [-0.2, -0.15) is 0 Å². The monoisotopic (exact) mass is 372 g/mol. The van der Waals surface area contributed by atoms with E-state index in [1.807, 2.05) is 25.1 Å². The van der Waals surface area contributed by atoms with Crippen molar-refractivity contribution in [2.24, 2.45) is 11.7 Å². The summed E-state index contributed by atoms with van der Waals surface area (Å²) < 4.78 is 6.66. The molecule has 0 saturated heterocycles. The molecule has 0 radical (unpaired) electrons. The molecular weight excluding hydrogens is 356 g/mol. The van der Waals surface area contributed by atoms with Crippen LogP contribution in [0, 0.1) is 12.8 Å². The number of hydrogen-bond acceptors (Lipinski definition) is 3. The molecule has 1 aliphatic carbocycles. The first-order valence-electron chi connectivity index (χ1n) is 6.79. The van der Waals surface area contributed by atoms with E-state index in [4.69, 9.17) is 10.2 Å². The van der Waals surface area contributed by atoms with E-state index in [2.05, 4.69) is 21.2 Å². The van der Waals surface area contributed by atoms with E-state index >= 15 is 0 Å². The second-order valence-corrected chi connectivity index (χ2v) is 6.27. The average Bonchev–Trinajstić information content (AvgIpc) is 3.22. The molecule has 1 fully saturated rings. The van der Waals surface area contributed by atoms with Gasteiger partial charge in [0.05, 0.1) is 0 Å². The zero-order chi connectivity index (χ0) is 14.3. The number of halogens is 2. The van der Waals surface area contributed by atoms with Crippen molar-refractivity contribution in [3.05, 3.63) is 34.0 Å². The molecular formula is C15H18BrClN2O2. The third-order valence-corrected chi connectivity index (χ3v) is 4.36. The lowest BCUT2D eigenvalue weighted by molar-refractivity contribution is 0.0906. The maximum absolute atomic E-state index is 12.3. The van der Waals surface area contributed by atoms with Gasteiger partial charge in [0, 0.05) is 28.0 Å². The van der Waals surface area contributed by atoms with Crippen LogP contribution in [0.3, 0.4) is 0 Å². The second kappa shape index (κ2) is 6.38. The van der Waals surface area contributed by atoms with E-state index in [1.165, 1.54) is 0 Å². The summed E-state index contributed by atoms with van der Waals surface area (Å²) in [6.07, 6.45) is 2.29. The molecule has 4 nitrogen and oxygen atoms in total. The zero-order valence-electron chi connectivity index (χ0n) is 11.7. The predicted octanol–water partition coefficient (Wildman–Crippen LogP) is 3.39. The molecule has 1 amide bonds. The smallest absolute Gasteiger partial charge is 0.287 e. The number of furan rings is 1. The van der Waals surface area contributed by atoms with Crippen LogP contribution in [0.15, 0.2) is 27.1 Å². The fourth-order valence-electron chi connectivity index (χ4n) is 2.51. The van der Waals surface area contributed by atoms with Crippen molar-refractivity contribution in [2.45, 2.75) is 25.8 Å². The van der Waals surface area contributed by atoms with Gasteiger partial charge < -0.3 is 15.5 Å². The van der Waals surface area contributed by atoms with Gasteiger partial charge in [-0.15, -0.1) is 12.4 Å². The number of carbonyl (C=O) groups excluding carboxylic acids is 1. The maximum Gasteiger partial charge on any atom is 0.287 e. The Hall–Kier alpha value is -1.04. The number of carbonyl (C=O) groups is 1. The van der Waals surface area contributed by atoms with E-state index < -0.39 is 0 Å². The molecule has 1 unspecified atom stereocenters. The summed E-state index contributed by atoms with van der Waals surface area (Å²) in [5.74, 6) is 0.747. The third kappa shape index (κ3) is 3.25. The van der Waals surface area contributed by atoms with Crippen molar-refractivity contribution >= 4 is 45.2 Å². The molecule has 21 heavy (non-hydrogen) atoms. The van der Waals surface area contributed by atoms with Gasteiger partial charge in [0.2, 0.25) is 0 Å². The van der Waals surface area contributed by atoms with Crippen LogP contribution in [0.1, 0.15) is 29.0 Å². The minimum atomic E-state index is -0.169. The molecule has 1 heterocycles. The predicted molar refractivity (Wildman–Crippen MR) is 88.9 cm³/mol. The van der Waals surface area contributed by atoms with Crippen LogP contribution in [0.2, 0.25) is 0 Å². The molecule has 3 N–H and O–H groups in total. The number of hydrogen-bond donors (Lipinski definition) is 2. The summed E-state index contributed by atoms with van der Waals surface area (Å²) in [4.78, 5) is 12.3. The Bertz CT molecular complexity index is 667. The molecule has 3 rings (SSSR count). The lowest BCUT2D eigenvalue weighted by atomic mass is 10.1. The summed E-state index contributed by atoms with van der Waals surface area (Å²) in [6.45, 7) is 2.38. The Morgan fingerprint density at radius 1 is 1.52 bits per heavy atom. The summed E-state index contributed by atoms with van der Waals surface area (Å²) >= 11 is 3.43. The highest BCUT2D eigenvalue weighted by Crippen LogP contribution is 2.33. The van der Waals surface area contributed by atoms with Crippen LogP contribution in [0.5, 0.6) is 0 Å². The zero-order valence-corrected chi connectivity index (χ0v) is 14.1. The Kier molecular flexibility index (Phi) is 4.96. The first kappa shape index (κ1) is 16.3. The molecule has 2 aromatic rings. The van der Waals surface area contributed by atoms with Gasteiger partial charge in [-0.1, -0.05) is 15.9 Å². The molecule has 1 aromatic heterocycles. The number of rotatable bonds is 4. The lowest BCUT2D eigenvalue weighted by Gasteiger charge is -2.15. The van der Waals surface area contributed by atoms with Crippen LogP contribution in [0.25, 0.3) is 11.0 Å². The Morgan fingerprint density at radius 3 is 2.86 bits per heavy atom. The van der Waals surface area contributed by atoms with Crippen molar-refractivity contribution in [3.63, 3.8) is 0 Å². The first-order chi connectivity index (χ1) is 9.60. The quantitative estimate of drug-likeness (QED) is 0.863. The summed E-state index contributed by atoms with van der Waals surface area (Å²) in [6, 6.07) is 5.79. The normalized spacial score (nSPS) is 15.6. The fourth-order valence-corrected chi connectivity index (χ4v) is 2.87. The van der Waals surface area contributed by atoms with Gasteiger partial charge in [0.15, 0.2) is 5.76 Å². The highest BCUT2D eigenvalue weighted by molar-refractivity contribution is 9.10. The van der Waals surface area contributed by atoms with Crippen LogP contribution >= 0.6 is 28.3 Å². The van der Waals surface area contributed by atoms with E-state index in [9.17, 15) is 4.79 Å². The molecule has 6 heteroatoms. The Labute approximate surface area is 138 Å². The largest absolute Gasteiger partial charge is 0.451 e. The molecule has 1 aliphatic rings. The number of fused-ring (bicyclic) bond motifs is 1. The van der Waals surface area contributed by atoms with Crippen molar-refractivity contribution in [1.29, 1.82) is 0 Å². The van der Waals surface area contributed by atoms with Gasteiger partial charge in [0.25, 0.3) is 5.91 Å². The van der Waals surface area contributed by atoms with Gasteiger partial charge >= 0.3 is 0 Å². The SMILES string of the molecule is Cc1c(C(=O)NC(CN)C2CC2)oc2ccc(Br)cc12.Cl. The number of aryl methyl sites for hydroxylation is 1. The average molecular weight is 374 g/mol. The molecule has 0 bridgehead atoms. The Balaban J connectivity index is 0.00000161. The van der Waals surface area contributed by atoms with Crippen LogP contribution in [-0.2, 0) is 0 Å². The summed E-state index contributed by atoms with van der Waals surface area (Å²) in [5, 5.41) is 3.95. The molecule has 0 aliphatic heterocycles.